The van der Waals surface area contributed by atoms with E-state index in [0.29, 0.717) is 34.6 Å². The highest BCUT2D eigenvalue weighted by Crippen LogP contribution is 2.38. The lowest BCUT2D eigenvalue weighted by Crippen LogP contribution is -2.34. The fourth-order valence-electron chi connectivity index (χ4n) is 3.86. The lowest BCUT2D eigenvalue weighted by Gasteiger charge is -2.20. The van der Waals surface area contributed by atoms with Crippen LogP contribution in [-0.4, -0.2) is 66.0 Å². The molecule has 1 fully saturated rings. The van der Waals surface area contributed by atoms with E-state index in [1.165, 1.54) is 28.3 Å². The number of aliphatic hydroxyl groups is 1. The summed E-state index contributed by atoms with van der Waals surface area (Å²) in [5.74, 6) is 1.28. The van der Waals surface area contributed by atoms with Crippen LogP contribution < -0.4 is 14.2 Å². The van der Waals surface area contributed by atoms with Gasteiger partial charge in [-0.3, -0.25) is 4.57 Å². The second-order valence-electron chi connectivity index (χ2n) is 8.19. The van der Waals surface area contributed by atoms with Gasteiger partial charge < -0.3 is 19.3 Å². The van der Waals surface area contributed by atoms with Gasteiger partial charge in [0.05, 0.1) is 32.7 Å². The fourth-order valence-corrected chi connectivity index (χ4v) is 5.32. The van der Waals surface area contributed by atoms with Crippen molar-refractivity contribution in [1.29, 1.82) is 0 Å². The molecule has 4 rings (SSSR count). The minimum absolute atomic E-state index is 0.0218. The largest absolute Gasteiger partial charge is 0.494 e. The monoisotopic (exact) mass is 488 g/mol. The summed E-state index contributed by atoms with van der Waals surface area (Å²) in [5.41, 5.74) is 0.868. The second kappa shape index (κ2) is 9.59. The fraction of sp³-hybridized carbons (Fsp3) is 0.435. The zero-order valence-corrected chi connectivity index (χ0v) is 20.3. The van der Waals surface area contributed by atoms with Crippen LogP contribution >= 0.6 is 0 Å². The van der Waals surface area contributed by atoms with Crippen molar-refractivity contribution >= 4 is 9.84 Å². The first-order valence-corrected chi connectivity index (χ1v) is 12.6. The molecule has 1 aliphatic carbocycles. The molecule has 2 atom stereocenters. The van der Waals surface area contributed by atoms with Gasteiger partial charge in [0.15, 0.2) is 21.5 Å². The molecule has 0 saturated heterocycles. The number of para-hydroxylation sites is 1. The van der Waals surface area contributed by atoms with Gasteiger partial charge in [-0.25, -0.2) is 13.4 Å². The summed E-state index contributed by atoms with van der Waals surface area (Å²) in [6.45, 7) is 1.53. The highest BCUT2D eigenvalue weighted by Gasteiger charge is 2.40. The Hall–Kier alpha value is -3.18. The third kappa shape index (κ3) is 4.58. The minimum atomic E-state index is -3.77. The molecule has 2 heterocycles. The maximum Gasteiger partial charge on any atom is 0.213 e. The van der Waals surface area contributed by atoms with E-state index in [-0.39, 0.29) is 11.7 Å². The summed E-state index contributed by atoms with van der Waals surface area (Å²) in [6.07, 6.45) is 0.754. The average Bonchev–Trinajstić information content (AvgIpc) is 3.63. The lowest BCUT2D eigenvalue weighted by atomic mass is 10.2. The Labute approximate surface area is 198 Å². The molecule has 182 valence electrons. The van der Waals surface area contributed by atoms with E-state index < -0.39 is 26.9 Å². The van der Waals surface area contributed by atoms with Crippen molar-refractivity contribution in [3.8, 4) is 34.6 Å². The Bertz CT molecular complexity index is 1250. The number of methoxy groups -OCH3 is 3. The third-order valence-electron chi connectivity index (χ3n) is 6.00. The minimum Gasteiger partial charge on any atom is -0.494 e. The second-order valence-corrected chi connectivity index (χ2v) is 10.5. The summed E-state index contributed by atoms with van der Waals surface area (Å²) in [7, 11) is 0.757. The van der Waals surface area contributed by atoms with E-state index >= 15 is 0 Å². The summed E-state index contributed by atoms with van der Waals surface area (Å²) in [6, 6.07) is 10.4. The van der Waals surface area contributed by atoms with Crippen molar-refractivity contribution in [3.63, 3.8) is 0 Å². The average molecular weight is 489 g/mol. The predicted octanol–water partition coefficient (Wildman–Crippen LogP) is 2.43. The van der Waals surface area contributed by atoms with Crippen LogP contribution in [0.1, 0.15) is 25.6 Å². The highest BCUT2D eigenvalue weighted by molar-refractivity contribution is 7.91. The van der Waals surface area contributed by atoms with Crippen LogP contribution in [0.25, 0.3) is 17.2 Å². The van der Waals surface area contributed by atoms with E-state index in [0.717, 1.165) is 12.8 Å². The van der Waals surface area contributed by atoms with Crippen LogP contribution in [0.3, 0.4) is 0 Å². The predicted molar refractivity (Wildman–Crippen MR) is 125 cm³/mol. The molecule has 0 radical (unpaired) electrons. The number of rotatable bonds is 10. The number of ether oxygens (including phenoxy) is 3. The summed E-state index contributed by atoms with van der Waals surface area (Å²) < 4.78 is 44.5. The van der Waals surface area contributed by atoms with Crippen LogP contribution in [0.5, 0.6) is 17.4 Å². The number of benzene rings is 1. The van der Waals surface area contributed by atoms with Crippen molar-refractivity contribution in [2.45, 2.75) is 36.9 Å². The summed E-state index contributed by atoms with van der Waals surface area (Å²) in [4.78, 5) is 4.45. The molecule has 0 amide bonds. The Balaban J connectivity index is 1.88. The quantitative estimate of drug-likeness (QED) is 0.458. The van der Waals surface area contributed by atoms with Gasteiger partial charge in [-0.1, -0.05) is 12.1 Å². The van der Waals surface area contributed by atoms with Crippen LogP contribution in [0.15, 0.2) is 36.4 Å². The van der Waals surface area contributed by atoms with E-state index in [4.69, 9.17) is 14.2 Å². The molecule has 3 aromatic rings. The van der Waals surface area contributed by atoms with Crippen molar-refractivity contribution in [2.75, 3.05) is 21.3 Å². The molecule has 1 aliphatic rings. The van der Waals surface area contributed by atoms with Gasteiger partial charge >= 0.3 is 0 Å². The Morgan fingerprint density at radius 3 is 2.26 bits per heavy atom. The topological polar surface area (TPSA) is 126 Å². The van der Waals surface area contributed by atoms with Gasteiger partial charge in [-0.15, -0.1) is 10.2 Å². The zero-order chi connectivity index (χ0) is 24.5. The molecule has 1 aromatic carbocycles. The van der Waals surface area contributed by atoms with Gasteiger partial charge in [-0.2, -0.15) is 0 Å². The molecular formula is C23H28N4O6S. The van der Waals surface area contributed by atoms with Crippen molar-refractivity contribution < 1.29 is 27.7 Å². The SMILES string of the molecule is COc1cccc(-c2nnc(CS(=O)(=O)[C@H](C)[C@@H](O)C3CC3)n2-c2c(OC)cccc2OC)n1. The first kappa shape index (κ1) is 24.0. The van der Waals surface area contributed by atoms with Gasteiger partial charge in [0.25, 0.3) is 0 Å². The van der Waals surface area contributed by atoms with Crippen LogP contribution in [-0.2, 0) is 15.6 Å². The van der Waals surface area contributed by atoms with E-state index in [1.54, 1.807) is 41.0 Å². The normalized spacial score (nSPS) is 15.6. The third-order valence-corrected chi connectivity index (χ3v) is 8.07. The molecule has 34 heavy (non-hydrogen) atoms. The van der Waals surface area contributed by atoms with Gasteiger partial charge in [-0.05, 0) is 43.9 Å². The first-order valence-electron chi connectivity index (χ1n) is 10.9. The van der Waals surface area contributed by atoms with Crippen molar-refractivity contribution in [2.24, 2.45) is 5.92 Å². The van der Waals surface area contributed by atoms with Gasteiger partial charge in [0.1, 0.15) is 28.6 Å². The number of aromatic nitrogens is 4. The highest BCUT2D eigenvalue weighted by atomic mass is 32.2. The molecule has 0 unspecified atom stereocenters. The summed E-state index contributed by atoms with van der Waals surface area (Å²) in [5, 5.41) is 18.0. The van der Waals surface area contributed by atoms with E-state index in [9.17, 15) is 13.5 Å². The molecule has 11 heteroatoms. The molecule has 1 saturated carbocycles. The molecule has 0 aliphatic heterocycles. The van der Waals surface area contributed by atoms with Gasteiger partial charge in [0, 0.05) is 6.07 Å². The number of aliphatic hydroxyl groups excluding tert-OH is 1. The smallest absolute Gasteiger partial charge is 0.213 e. The first-order chi connectivity index (χ1) is 16.3. The van der Waals surface area contributed by atoms with Crippen LogP contribution in [0, 0.1) is 5.92 Å². The molecule has 2 aromatic heterocycles. The zero-order valence-electron chi connectivity index (χ0n) is 19.5. The Kier molecular flexibility index (Phi) is 6.76. The number of pyridine rings is 1. The standard InChI is InChI=1S/C23H28N4O6S/c1-14(22(28)15-11-12-15)34(29,30)13-19-25-26-23(16-7-5-10-20(24-16)33-4)27(19)21-17(31-2)8-6-9-18(21)32-3/h5-10,14-15,22,28H,11-13H2,1-4H3/t14-,22-/m1/s1. The molecule has 0 spiro atoms. The summed E-state index contributed by atoms with van der Waals surface area (Å²) >= 11 is 0. The van der Waals surface area contributed by atoms with Crippen LogP contribution in [0.4, 0.5) is 0 Å². The number of hydrogen-bond donors (Lipinski definition) is 1. The van der Waals surface area contributed by atoms with E-state index in [1.807, 2.05) is 0 Å². The number of hydrogen-bond acceptors (Lipinski definition) is 9. The lowest BCUT2D eigenvalue weighted by molar-refractivity contribution is 0.149. The van der Waals surface area contributed by atoms with Crippen molar-refractivity contribution in [3.05, 3.63) is 42.2 Å². The van der Waals surface area contributed by atoms with E-state index in [2.05, 4.69) is 15.2 Å². The van der Waals surface area contributed by atoms with Crippen LogP contribution in [0.2, 0.25) is 0 Å². The maximum absolute atomic E-state index is 13.3. The number of nitrogens with zero attached hydrogens (tertiary/aromatic N) is 4. The number of sulfone groups is 1. The Morgan fingerprint density at radius 2 is 1.68 bits per heavy atom. The molecule has 10 nitrogen and oxygen atoms in total. The van der Waals surface area contributed by atoms with Gasteiger partial charge in [0.2, 0.25) is 5.88 Å². The molecular weight excluding hydrogens is 460 g/mol. The molecule has 1 N–H and O–H groups in total. The van der Waals surface area contributed by atoms with Crippen molar-refractivity contribution in [1.82, 2.24) is 19.7 Å². The Morgan fingerprint density at radius 1 is 1.03 bits per heavy atom. The molecule has 0 bridgehead atoms. The maximum atomic E-state index is 13.3.